The highest BCUT2D eigenvalue weighted by Crippen LogP contribution is 2.24. The largest absolute Gasteiger partial charge is 0.493 e. The lowest BCUT2D eigenvalue weighted by Gasteiger charge is -2.04. The molecular formula is C14H12N4O2. The summed E-state index contributed by atoms with van der Waals surface area (Å²) in [5, 5.41) is 14.2. The first-order valence-corrected chi connectivity index (χ1v) is 6.04. The first-order chi connectivity index (χ1) is 9.65. The number of hydrogen-bond donors (Lipinski definition) is 2. The molecule has 2 aromatic heterocycles. The van der Waals surface area contributed by atoms with Crippen LogP contribution in [0.25, 0.3) is 22.6 Å². The predicted octanol–water partition coefficient (Wildman–Crippen LogP) is 1.54. The fourth-order valence-corrected chi connectivity index (χ4v) is 1.99. The van der Waals surface area contributed by atoms with Crippen LogP contribution in [-0.2, 0) is 7.05 Å². The van der Waals surface area contributed by atoms with Crippen LogP contribution in [0.2, 0.25) is 0 Å². The Balaban J connectivity index is 2.15. The van der Waals surface area contributed by atoms with Gasteiger partial charge in [0.25, 0.3) is 5.56 Å². The van der Waals surface area contributed by atoms with Gasteiger partial charge in [0.2, 0.25) is 5.88 Å². The van der Waals surface area contributed by atoms with Crippen molar-refractivity contribution in [2.24, 2.45) is 7.05 Å². The van der Waals surface area contributed by atoms with Crippen LogP contribution in [0.3, 0.4) is 0 Å². The number of aromatic hydroxyl groups is 1. The predicted molar refractivity (Wildman–Crippen MR) is 74.2 cm³/mol. The van der Waals surface area contributed by atoms with Crippen molar-refractivity contribution in [2.45, 2.75) is 0 Å². The molecule has 0 aliphatic carbocycles. The second-order valence-electron chi connectivity index (χ2n) is 4.35. The Morgan fingerprint density at radius 3 is 2.55 bits per heavy atom. The lowest BCUT2D eigenvalue weighted by molar-refractivity contribution is 0.454. The molecule has 0 fully saturated rings. The molecule has 0 saturated carbocycles. The SMILES string of the molecule is Cn1ccc(-c2nc(O)c(-c3ccccc3)c(=O)[nH]2)n1. The lowest BCUT2D eigenvalue weighted by Crippen LogP contribution is -2.12. The van der Waals surface area contributed by atoms with E-state index in [2.05, 4.69) is 15.1 Å². The van der Waals surface area contributed by atoms with Crippen LogP contribution in [0.4, 0.5) is 0 Å². The van der Waals surface area contributed by atoms with E-state index in [-0.39, 0.29) is 17.3 Å². The maximum absolute atomic E-state index is 12.2. The Kier molecular flexibility index (Phi) is 2.83. The van der Waals surface area contributed by atoms with Crippen LogP contribution in [0, 0.1) is 0 Å². The van der Waals surface area contributed by atoms with E-state index in [1.807, 2.05) is 6.07 Å². The van der Waals surface area contributed by atoms with Gasteiger partial charge in [-0.15, -0.1) is 0 Å². The summed E-state index contributed by atoms with van der Waals surface area (Å²) in [6.07, 6.45) is 1.73. The van der Waals surface area contributed by atoms with Crippen molar-refractivity contribution < 1.29 is 5.11 Å². The number of rotatable bonds is 2. The van der Waals surface area contributed by atoms with Gasteiger partial charge in [0.15, 0.2) is 5.82 Å². The van der Waals surface area contributed by atoms with Gasteiger partial charge in [-0.3, -0.25) is 9.48 Å². The minimum Gasteiger partial charge on any atom is -0.493 e. The van der Waals surface area contributed by atoms with Crippen LogP contribution in [-0.4, -0.2) is 24.9 Å². The smallest absolute Gasteiger partial charge is 0.262 e. The van der Waals surface area contributed by atoms with E-state index in [0.29, 0.717) is 11.3 Å². The molecule has 0 bridgehead atoms. The normalized spacial score (nSPS) is 10.7. The summed E-state index contributed by atoms with van der Waals surface area (Å²) in [5.41, 5.74) is 0.875. The summed E-state index contributed by atoms with van der Waals surface area (Å²) < 4.78 is 1.59. The minimum absolute atomic E-state index is 0.158. The zero-order valence-electron chi connectivity index (χ0n) is 10.7. The zero-order chi connectivity index (χ0) is 14.1. The van der Waals surface area contributed by atoms with Crippen molar-refractivity contribution in [1.82, 2.24) is 19.7 Å². The van der Waals surface area contributed by atoms with Gasteiger partial charge in [0.1, 0.15) is 11.3 Å². The lowest BCUT2D eigenvalue weighted by atomic mass is 10.1. The quantitative estimate of drug-likeness (QED) is 0.738. The molecule has 6 heteroatoms. The second-order valence-corrected chi connectivity index (χ2v) is 4.35. The molecule has 2 heterocycles. The van der Waals surface area contributed by atoms with Gasteiger partial charge >= 0.3 is 0 Å². The van der Waals surface area contributed by atoms with E-state index in [1.54, 1.807) is 48.3 Å². The molecule has 100 valence electrons. The molecular weight excluding hydrogens is 256 g/mol. The summed E-state index contributed by atoms with van der Waals surface area (Å²) in [7, 11) is 1.76. The number of nitrogens with zero attached hydrogens (tertiary/aromatic N) is 3. The van der Waals surface area contributed by atoms with Gasteiger partial charge in [-0.05, 0) is 11.6 Å². The Morgan fingerprint density at radius 1 is 1.20 bits per heavy atom. The van der Waals surface area contributed by atoms with E-state index < -0.39 is 5.56 Å². The molecule has 20 heavy (non-hydrogen) atoms. The number of H-pyrrole nitrogens is 1. The van der Waals surface area contributed by atoms with Gasteiger partial charge in [-0.1, -0.05) is 30.3 Å². The molecule has 0 spiro atoms. The highest BCUT2D eigenvalue weighted by Gasteiger charge is 2.14. The Hall–Kier alpha value is -2.89. The van der Waals surface area contributed by atoms with Crippen molar-refractivity contribution in [1.29, 1.82) is 0 Å². The molecule has 0 aliphatic rings. The van der Waals surface area contributed by atoms with Crippen molar-refractivity contribution >= 4 is 0 Å². The first-order valence-electron chi connectivity index (χ1n) is 6.04. The number of aromatic nitrogens is 4. The summed E-state index contributed by atoms with van der Waals surface area (Å²) in [6.45, 7) is 0. The zero-order valence-corrected chi connectivity index (χ0v) is 10.7. The van der Waals surface area contributed by atoms with E-state index in [0.717, 1.165) is 0 Å². The molecule has 0 saturated heterocycles. The fourth-order valence-electron chi connectivity index (χ4n) is 1.99. The molecule has 3 aromatic rings. The molecule has 0 aliphatic heterocycles. The minimum atomic E-state index is -0.399. The number of nitrogens with one attached hydrogen (secondary N) is 1. The number of hydrogen-bond acceptors (Lipinski definition) is 4. The van der Waals surface area contributed by atoms with E-state index in [4.69, 9.17) is 0 Å². The monoisotopic (exact) mass is 268 g/mol. The van der Waals surface area contributed by atoms with Crippen molar-refractivity contribution in [3.05, 3.63) is 52.9 Å². The number of benzene rings is 1. The molecule has 0 unspecified atom stereocenters. The fraction of sp³-hybridized carbons (Fsp3) is 0.0714. The summed E-state index contributed by atoms with van der Waals surface area (Å²) >= 11 is 0. The highest BCUT2D eigenvalue weighted by atomic mass is 16.3. The summed E-state index contributed by atoms with van der Waals surface area (Å²) in [5.74, 6) is -0.0617. The Bertz CT molecular complexity index is 806. The third-order valence-electron chi connectivity index (χ3n) is 2.92. The molecule has 2 N–H and O–H groups in total. The van der Waals surface area contributed by atoms with Crippen LogP contribution in [0.15, 0.2) is 47.4 Å². The molecule has 0 atom stereocenters. The average molecular weight is 268 g/mol. The van der Waals surface area contributed by atoms with Crippen LogP contribution in [0.5, 0.6) is 5.88 Å². The van der Waals surface area contributed by atoms with Gasteiger partial charge in [0, 0.05) is 13.2 Å². The summed E-state index contributed by atoms with van der Waals surface area (Å²) in [4.78, 5) is 18.8. The van der Waals surface area contributed by atoms with Crippen LogP contribution < -0.4 is 5.56 Å². The third-order valence-corrected chi connectivity index (χ3v) is 2.92. The van der Waals surface area contributed by atoms with Crippen LogP contribution >= 0.6 is 0 Å². The summed E-state index contributed by atoms with van der Waals surface area (Å²) in [6, 6.07) is 10.6. The molecule has 6 nitrogen and oxygen atoms in total. The number of aryl methyl sites for hydroxylation is 1. The van der Waals surface area contributed by atoms with Gasteiger partial charge < -0.3 is 10.1 Å². The first kappa shape index (κ1) is 12.2. The van der Waals surface area contributed by atoms with Crippen molar-refractivity contribution in [3.8, 4) is 28.5 Å². The molecule has 0 amide bonds. The van der Waals surface area contributed by atoms with Gasteiger partial charge in [0.05, 0.1) is 0 Å². The third kappa shape index (κ3) is 2.07. The Labute approximate surface area is 114 Å². The van der Waals surface area contributed by atoms with E-state index >= 15 is 0 Å². The molecule has 1 aromatic carbocycles. The number of aromatic amines is 1. The van der Waals surface area contributed by atoms with Crippen molar-refractivity contribution in [3.63, 3.8) is 0 Å². The van der Waals surface area contributed by atoms with E-state index in [9.17, 15) is 9.90 Å². The average Bonchev–Trinajstić information content (AvgIpc) is 2.86. The Morgan fingerprint density at radius 2 is 1.95 bits per heavy atom. The maximum Gasteiger partial charge on any atom is 0.262 e. The van der Waals surface area contributed by atoms with Crippen molar-refractivity contribution in [2.75, 3.05) is 0 Å². The standard InChI is InChI=1S/C14H12N4O2/c1-18-8-7-10(17-18)12-15-13(19)11(14(20)16-12)9-5-3-2-4-6-9/h2-8H,1H3,(H2,15,16,19,20). The molecule has 0 radical (unpaired) electrons. The maximum atomic E-state index is 12.2. The van der Waals surface area contributed by atoms with E-state index in [1.165, 1.54) is 0 Å². The van der Waals surface area contributed by atoms with Gasteiger partial charge in [-0.2, -0.15) is 10.1 Å². The molecule has 3 rings (SSSR count). The van der Waals surface area contributed by atoms with Crippen LogP contribution in [0.1, 0.15) is 0 Å². The highest BCUT2D eigenvalue weighted by molar-refractivity contribution is 5.68. The topological polar surface area (TPSA) is 83.8 Å². The van der Waals surface area contributed by atoms with Gasteiger partial charge in [-0.25, -0.2) is 0 Å². The second kappa shape index (κ2) is 4.65.